The highest BCUT2D eigenvalue weighted by Gasteiger charge is 2.19. The number of aromatic nitrogens is 2. The fourth-order valence-electron chi connectivity index (χ4n) is 2.43. The summed E-state index contributed by atoms with van der Waals surface area (Å²) >= 11 is 1.70. The van der Waals surface area contributed by atoms with Crippen molar-refractivity contribution in [3.8, 4) is 0 Å². The quantitative estimate of drug-likeness (QED) is 0.872. The Morgan fingerprint density at radius 2 is 2.21 bits per heavy atom. The third-order valence-corrected chi connectivity index (χ3v) is 3.91. The summed E-state index contributed by atoms with van der Waals surface area (Å²) in [5.74, 6) is 0. The van der Waals surface area contributed by atoms with Crippen molar-refractivity contribution in [3.63, 3.8) is 0 Å². The molecule has 0 amide bonds. The molecule has 0 bridgehead atoms. The molecular weight excluding hydrogens is 254 g/mol. The first kappa shape index (κ1) is 14.5. The normalized spacial score (nSPS) is 14.1. The van der Waals surface area contributed by atoms with Gasteiger partial charge in [0.25, 0.3) is 0 Å². The first-order valence-corrected chi connectivity index (χ1v) is 8.00. The van der Waals surface area contributed by atoms with Gasteiger partial charge in [0.15, 0.2) is 4.96 Å². The molecule has 0 saturated heterocycles. The van der Waals surface area contributed by atoms with Gasteiger partial charge in [-0.2, -0.15) is 0 Å². The van der Waals surface area contributed by atoms with Crippen LogP contribution in [0.2, 0.25) is 0 Å². The smallest absolute Gasteiger partial charge is 0.193 e. The lowest BCUT2D eigenvalue weighted by atomic mass is 9.86. The Kier molecular flexibility index (Phi) is 4.63. The first-order valence-electron chi connectivity index (χ1n) is 7.12. The standard InChI is InChI=1S/C15H25N3S/c1-5-6-16-12(10-15(2,3)4)9-13-11-18-7-8-19-14(18)17-13/h7-8,11-12,16H,5-6,9-10H2,1-4H3. The third-order valence-electron chi connectivity index (χ3n) is 3.14. The summed E-state index contributed by atoms with van der Waals surface area (Å²) in [6.07, 6.45) is 7.62. The molecule has 0 aliphatic carbocycles. The molecule has 1 atom stereocenters. The minimum absolute atomic E-state index is 0.350. The third kappa shape index (κ3) is 4.32. The largest absolute Gasteiger partial charge is 0.314 e. The molecule has 0 aliphatic heterocycles. The average molecular weight is 279 g/mol. The number of thiazole rings is 1. The lowest BCUT2D eigenvalue weighted by Gasteiger charge is -2.26. The summed E-state index contributed by atoms with van der Waals surface area (Å²) in [5, 5.41) is 5.74. The van der Waals surface area contributed by atoms with E-state index < -0.39 is 0 Å². The van der Waals surface area contributed by atoms with Crippen LogP contribution < -0.4 is 5.32 Å². The Hall–Kier alpha value is -0.870. The molecule has 0 radical (unpaired) electrons. The summed E-state index contributed by atoms with van der Waals surface area (Å²) in [5.41, 5.74) is 1.55. The molecule has 1 unspecified atom stereocenters. The molecule has 2 aromatic rings. The molecule has 106 valence electrons. The SMILES string of the molecule is CCCNC(Cc1cn2ccsc2n1)CC(C)(C)C. The second kappa shape index (κ2) is 6.06. The van der Waals surface area contributed by atoms with Crippen LogP contribution >= 0.6 is 11.3 Å². The van der Waals surface area contributed by atoms with E-state index in [9.17, 15) is 0 Å². The van der Waals surface area contributed by atoms with Crippen LogP contribution in [-0.2, 0) is 6.42 Å². The molecular formula is C15H25N3S. The number of nitrogens with zero attached hydrogens (tertiary/aromatic N) is 2. The fourth-order valence-corrected chi connectivity index (χ4v) is 3.15. The zero-order valence-electron chi connectivity index (χ0n) is 12.4. The first-order chi connectivity index (χ1) is 8.98. The molecule has 0 saturated carbocycles. The molecule has 2 aromatic heterocycles. The van der Waals surface area contributed by atoms with Crippen molar-refractivity contribution in [1.29, 1.82) is 0 Å². The van der Waals surface area contributed by atoms with Crippen LogP contribution in [-0.4, -0.2) is 22.0 Å². The summed E-state index contributed by atoms with van der Waals surface area (Å²) in [6.45, 7) is 10.2. The Morgan fingerprint density at radius 1 is 1.42 bits per heavy atom. The van der Waals surface area contributed by atoms with Crippen molar-refractivity contribution in [2.75, 3.05) is 6.54 Å². The van der Waals surface area contributed by atoms with Crippen LogP contribution in [0, 0.1) is 5.41 Å². The van der Waals surface area contributed by atoms with Gasteiger partial charge in [-0.3, -0.25) is 4.40 Å². The fraction of sp³-hybridized carbons (Fsp3) is 0.667. The van der Waals surface area contributed by atoms with Crippen molar-refractivity contribution < 1.29 is 0 Å². The topological polar surface area (TPSA) is 29.3 Å². The minimum Gasteiger partial charge on any atom is -0.314 e. The van der Waals surface area contributed by atoms with Gasteiger partial charge in [-0.05, 0) is 24.8 Å². The zero-order chi connectivity index (χ0) is 13.9. The van der Waals surface area contributed by atoms with E-state index >= 15 is 0 Å². The highest BCUT2D eigenvalue weighted by Crippen LogP contribution is 2.23. The predicted octanol–water partition coefficient (Wildman–Crippen LogP) is 3.74. The van der Waals surface area contributed by atoms with Gasteiger partial charge in [-0.25, -0.2) is 4.98 Å². The van der Waals surface area contributed by atoms with Crippen molar-refractivity contribution >= 4 is 16.3 Å². The van der Waals surface area contributed by atoms with E-state index in [0.717, 1.165) is 17.9 Å². The van der Waals surface area contributed by atoms with Crippen LogP contribution in [0.5, 0.6) is 0 Å². The van der Waals surface area contributed by atoms with Crippen molar-refractivity contribution in [2.24, 2.45) is 5.41 Å². The minimum atomic E-state index is 0.350. The summed E-state index contributed by atoms with van der Waals surface area (Å²) in [7, 11) is 0. The predicted molar refractivity (Wildman–Crippen MR) is 82.9 cm³/mol. The van der Waals surface area contributed by atoms with Crippen LogP contribution in [0.3, 0.4) is 0 Å². The molecule has 1 N–H and O–H groups in total. The number of fused-ring (bicyclic) bond motifs is 1. The Bertz CT molecular complexity index is 478. The molecule has 0 fully saturated rings. The molecule has 0 spiro atoms. The van der Waals surface area contributed by atoms with Gasteiger partial charge in [-0.15, -0.1) is 11.3 Å². The van der Waals surface area contributed by atoms with Gasteiger partial charge in [0.1, 0.15) is 0 Å². The molecule has 2 rings (SSSR count). The zero-order valence-corrected chi connectivity index (χ0v) is 13.3. The van der Waals surface area contributed by atoms with E-state index in [0.29, 0.717) is 11.5 Å². The molecule has 0 aliphatic rings. The maximum Gasteiger partial charge on any atom is 0.193 e. The van der Waals surface area contributed by atoms with Crippen LogP contribution in [0.25, 0.3) is 4.96 Å². The molecule has 19 heavy (non-hydrogen) atoms. The number of imidazole rings is 1. The highest BCUT2D eigenvalue weighted by atomic mass is 32.1. The molecule has 4 heteroatoms. The van der Waals surface area contributed by atoms with Crippen molar-refractivity contribution in [3.05, 3.63) is 23.5 Å². The highest BCUT2D eigenvalue weighted by molar-refractivity contribution is 7.15. The monoisotopic (exact) mass is 279 g/mol. The maximum atomic E-state index is 4.69. The van der Waals surface area contributed by atoms with Crippen LogP contribution in [0.15, 0.2) is 17.8 Å². The van der Waals surface area contributed by atoms with Gasteiger partial charge in [0, 0.05) is 30.2 Å². The van der Waals surface area contributed by atoms with E-state index in [1.165, 1.54) is 18.5 Å². The summed E-state index contributed by atoms with van der Waals surface area (Å²) in [4.78, 5) is 5.79. The van der Waals surface area contributed by atoms with E-state index in [2.05, 4.69) is 55.2 Å². The van der Waals surface area contributed by atoms with Crippen LogP contribution in [0.1, 0.15) is 46.2 Å². The van der Waals surface area contributed by atoms with Gasteiger partial charge in [0.2, 0.25) is 0 Å². The lowest BCUT2D eigenvalue weighted by molar-refractivity contribution is 0.306. The summed E-state index contributed by atoms with van der Waals surface area (Å²) < 4.78 is 2.12. The number of rotatable bonds is 6. The number of hydrogen-bond acceptors (Lipinski definition) is 3. The van der Waals surface area contributed by atoms with E-state index in [1.807, 2.05) is 0 Å². The molecule has 2 heterocycles. The van der Waals surface area contributed by atoms with Gasteiger partial charge >= 0.3 is 0 Å². The second-order valence-corrected chi connectivity index (χ2v) is 7.32. The van der Waals surface area contributed by atoms with E-state index in [1.54, 1.807) is 11.3 Å². The average Bonchev–Trinajstić information content (AvgIpc) is 2.84. The van der Waals surface area contributed by atoms with Gasteiger partial charge in [0.05, 0.1) is 5.69 Å². The maximum absolute atomic E-state index is 4.69. The van der Waals surface area contributed by atoms with Crippen molar-refractivity contribution in [2.45, 2.75) is 53.0 Å². The molecule has 0 aromatic carbocycles. The Balaban J connectivity index is 2.03. The summed E-state index contributed by atoms with van der Waals surface area (Å²) in [6, 6.07) is 0.518. The van der Waals surface area contributed by atoms with Crippen molar-refractivity contribution in [1.82, 2.24) is 14.7 Å². The lowest BCUT2D eigenvalue weighted by Crippen LogP contribution is -2.35. The van der Waals surface area contributed by atoms with Crippen LogP contribution in [0.4, 0.5) is 0 Å². The molecule has 3 nitrogen and oxygen atoms in total. The van der Waals surface area contributed by atoms with E-state index in [-0.39, 0.29) is 0 Å². The Morgan fingerprint density at radius 3 is 2.84 bits per heavy atom. The van der Waals surface area contributed by atoms with E-state index in [4.69, 9.17) is 4.98 Å². The Labute approximate surface area is 120 Å². The van der Waals surface area contributed by atoms with Gasteiger partial charge < -0.3 is 5.32 Å². The number of hydrogen-bond donors (Lipinski definition) is 1. The van der Waals surface area contributed by atoms with Gasteiger partial charge in [-0.1, -0.05) is 27.7 Å². The number of nitrogens with one attached hydrogen (secondary N) is 1. The second-order valence-electron chi connectivity index (χ2n) is 6.45.